The lowest BCUT2D eigenvalue weighted by Gasteiger charge is -2.25. The summed E-state index contributed by atoms with van der Waals surface area (Å²) in [6.07, 6.45) is 5.93. The number of rotatable bonds is 14. The molecule has 0 radical (unpaired) electrons. The largest absolute Gasteiger partial charge is 0.461 e. The summed E-state index contributed by atoms with van der Waals surface area (Å²) < 4.78 is 5.59. The number of amides is 2. The SMILES string of the molecule is C=CCC(CC(=O)N1CCCC1CO)C(=O)NCC(C)OC(=O)C(CC=C)Cc1ccccc1. The lowest BCUT2D eigenvalue weighted by molar-refractivity contribution is -0.153. The minimum atomic E-state index is -0.556. The molecule has 1 saturated heterocycles. The molecule has 1 aromatic rings. The summed E-state index contributed by atoms with van der Waals surface area (Å²) in [6, 6.07) is 9.57. The topological polar surface area (TPSA) is 95.9 Å². The Hall–Kier alpha value is -2.93. The van der Waals surface area contributed by atoms with Crippen LogP contribution < -0.4 is 5.32 Å². The fourth-order valence-electron chi connectivity index (χ4n) is 4.25. The van der Waals surface area contributed by atoms with Gasteiger partial charge in [-0.15, -0.1) is 13.2 Å². The van der Waals surface area contributed by atoms with Gasteiger partial charge in [0.05, 0.1) is 31.0 Å². The van der Waals surface area contributed by atoms with E-state index in [1.807, 2.05) is 30.3 Å². The average molecular weight is 471 g/mol. The first-order valence-corrected chi connectivity index (χ1v) is 12.0. The van der Waals surface area contributed by atoms with Crippen molar-refractivity contribution in [1.29, 1.82) is 0 Å². The second kappa shape index (κ2) is 14.4. The van der Waals surface area contributed by atoms with E-state index in [0.29, 0.717) is 25.8 Å². The van der Waals surface area contributed by atoms with Crippen LogP contribution in [0, 0.1) is 11.8 Å². The van der Waals surface area contributed by atoms with Crippen molar-refractivity contribution in [2.45, 2.75) is 57.6 Å². The van der Waals surface area contributed by atoms with Crippen molar-refractivity contribution in [3.8, 4) is 0 Å². The van der Waals surface area contributed by atoms with Crippen LogP contribution in [-0.4, -0.2) is 59.6 Å². The molecule has 1 aliphatic heterocycles. The summed E-state index contributed by atoms with van der Waals surface area (Å²) in [6.45, 7) is 9.87. The number of hydrogen-bond donors (Lipinski definition) is 2. The van der Waals surface area contributed by atoms with Gasteiger partial charge < -0.3 is 20.1 Å². The maximum Gasteiger partial charge on any atom is 0.309 e. The van der Waals surface area contributed by atoms with Crippen LogP contribution in [0.4, 0.5) is 0 Å². The third kappa shape index (κ3) is 8.45. The molecule has 1 aromatic carbocycles. The van der Waals surface area contributed by atoms with E-state index in [9.17, 15) is 19.5 Å². The Kier molecular flexibility index (Phi) is 11.5. The van der Waals surface area contributed by atoms with Gasteiger partial charge in [-0.05, 0) is 44.6 Å². The molecule has 0 aliphatic carbocycles. The van der Waals surface area contributed by atoms with Crippen molar-refractivity contribution in [3.05, 3.63) is 61.2 Å². The molecule has 0 aromatic heterocycles. The highest BCUT2D eigenvalue weighted by atomic mass is 16.5. The highest BCUT2D eigenvalue weighted by Gasteiger charge is 2.31. The van der Waals surface area contributed by atoms with E-state index in [2.05, 4.69) is 18.5 Å². The van der Waals surface area contributed by atoms with E-state index in [-0.39, 0.29) is 49.3 Å². The van der Waals surface area contributed by atoms with Crippen LogP contribution >= 0.6 is 0 Å². The van der Waals surface area contributed by atoms with E-state index in [1.165, 1.54) is 0 Å². The third-order valence-corrected chi connectivity index (χ3v) is 6.14. The van der Waals surface area contributed by atoms with E-state index < -0.39 is 12.0 Å². The molecule has 186 valence electrons. The van der Waals surface area contributed by atoms with Crippen LogP contribution in [0.15, 0.2) is 55.6 Å². The minimum absolute atomic E-state index is 0.0566. The first-order chi connectivity index (χ1) is 16.4. The van der Waals surface area contributed by atoms with Crippen LogP contribution in [0.2, 0.25) is 0 Å². The van der Waals surface area contributed by atoms with Gasteiger partial charge in [0.15, 0.2) is 0 Å². The summed E-state index contributed by atoms with van der Waals surface area (Å²) in [7, 11) is 0. The second-order valence-corrected chi connectivity index (χ2v) is 8.89. The molecule has 2 amide bonds. The zero-order valence-electron chi connectivity index (χ0n) is 20.2. The molecule has 1 fully saturated rings. The van der Waals surface area contributed by atoms with E-state index in [4.69, 9.17) is 4.74 Å². The number of nitrogens with zero attached hydrogens (tertiary/aromatic N) is 1. The molecule has 34 heavy (non-hydrogen) atoms. The predicted octanol–water partition coefficient (Wildman–Crippen LogP) is 3.04. The van der Waals surface area contributed by atoms with Crippen molar-refractivity contribution in [2.75, 3.05) is 19.7 Å². The first kappa shape index (κ1) is 27.3. The number of likely N-dealkylation sites (tertiary alicyclic amines) is 1. The summed E-state index contributed by atoms with van der Waals surface area (Å²) in [5, 5.41) is 12.3. The normalized spacial score (nSPS) is 17.9. The predicted molar refractivity (Wildman–Crippen MR) is 132 cm³/mol. The number of allylic oxidation sites excluding steroid dienone is 2. The lowest BCUT2D eigenvalue weighted by Crippen LogP contribution is -2.42. The lowest BCUT2D eigenvalue weighted by atomic mass is 9.96. The van der Waals surface area contributed by atoms with Gasteiger partial charge >= 0.3 is 5.97 Å². The molecule has 0 spiro atoms. The molecule has 1 aliphatic rings. The Morgan fingerprint density at radius 3 is 2.50 bits per heavy atom. The van der Waals surface area contributed by atoms with Crippen molar-refractivity contribution in [2.24, 2.45) is 11.8 Å². The smallest absolute Gasteiger partial charge is 0.309 e. The summed E-state index contributed by atoms with van der Waals surface area (Å²) in [4.78, 5) is 39.8. The zero-order chi connectivity index (χ0) is 24.9. The highest BCUT2D eigenvalue weighted by Crippen LogP contribution is 2.21. The molecule has 7 nitrogen and oxygen atoms in total. The standard InChI is InChI=1S/C27H38N2O5/c1-4-10-22(17-25(31)29-15-9-14-24(29)19-30)26(32)28-18-20(3)34-27(33)23(11-5-2)16-21-12-7-6-8-13-21/h4-8,12-13,20,22-24,30H,1-2,9-11,14-19H2,3H3,(H,28,32). The van der Waals surface area contributed by atoms with Crippen molar-refractivity contribution >= 4 is 17.8 Å². The fraction of sp³-hybridized carbons (Fsp3) is 0.519. The Morgan fingerprint density at radius 2 is 1.85 bits per heavy atom. The molecule has 7 heteroatoms. The van der Waals surface area contributed by atoms with E-state index >= 15 is 0 Å². The Labute approximate surface area is 202 Å². The monoisotopic (exact) mass is 470 g/mol. The number of aliphatic hydroxyl groups is 1. The fourth-order valence-corrected chi connectivity index (χ4v) is 4.25. The molecule has 0 bridgehead atoms. The van der Waals surface area contributed by atoms with Gasteiger partial charge in [0.2, 0.25) is 11.8 Å². The average Bonchev–Trinajstić information content (AvgIpc) is 3.32. The summed E-state index contributed by atoms with van der Waals surface area (Å²) in [5.74, 6) is -1.63. The number of carbonyl (C=O) groups is 3. The number of carbonyl (C=O) groups excluding carboxylic acids is 3. The highest BCUT2D eigenvalue weighted by molar-refractivity contribution is 5.86. The molecule has 4 atom stereocenters. The Morgan fingerprint density at radius 1 is 1.18 bits per heavy atom. The summed E-state index contributed by atoms with van der Waals surface area (Å²) >= 11 is 0. The Balaban J connectivity index is 1.86. The van der Waals surface area contributed by atoms with Crippen LogP contribution in [0.25, 0.3) is 0 Å². The second-order valence-electron chi connectivity index (χ2n) is 8.89. The van der Waals surface area contributed by atoms with Crippen molar-refractivity contribution in [1.82, 2.24) is 10.2 Å². The van der Waals surface area contributed by atoms with Crippen LogP contribution in [0.3, 0.4) is 0 Å². The van der Waals surface area contributed by atoms with Gasteiger partial charge in [-0.2, -0.15) is 0 Å². The van der Waals surface area contributed by atoms with Gasteiger partial charge in [-0.25, -0.2) is 0 Å². The molecule has 2 rings (SSSR count). The van der Waals surface area contributed by atoms with Crippen molar-refractivity contribution < 1.29 is 24.2 Å². The van der Waals surface area contributed by atoms with Crippen LogP contribution in [0.5, 0.6) is 0 Å². The van der Waals surface area contributed by atoms with Crippen LogP contribution in [-0.2, 0) is 25.5 Å². The quantitative estimate of drug-likeness (QED) is 0.322. The zero-order valence-corrected chi connectivity index (χ0v) is 20.2. The Bertz CT molecular complexity index is 826. The van der Waals surface area contributed by atoms with E-state index in [0.717, 1.165) is 18.4 Å². The minimum Gasteiger partial charge on any atom is -0.461 e. The summed E-state index contributed by atoms with van der Waals surface area (Å²) in [5.41, 5.74) is 1.05. The van der Waals surface area contributed by atoms with Crippen molar-refractivity contribution in [3.63, 3.8) is 0 Å². The van der Waals surface area contributed by atoms with Gasteiger partial charge in [0.25, 0.3) is 0 Å². The van der Waals surface area contributed by atoms with Gasteiger partial charge in [0.1, 0.15) is 6.10 Å². The van der Waals surface area contributed by atoms with Crippen LogP contribution in [0.1, 0.15) is 44.6 Å². The maximum atomic E-state index is 12.8. The third-order valence-electron chi connectivity index (χ3n) is 6.14. The first-order valence-electron chi connectivity index (χ1n) is 12.0. The molecular formula is C27H38N2O5. The molecule has 1 heterocycles. The van der Waals surface area contributed by atoms with Gasteiger partial charge in [0, 0.05) is 13.0 Å². The van der Waals surface area contributed by atoms with Gasteiger partial charge in [-0.1, -0.05) is 42.5 Å². The number of hydrogen-bond acceptors (Lipinski definition) is 5. The number of esters is 1. The molecular weight excluding hydrogens is 432 g/mol. The maximum absolute atomic E-state index is 12.8. The number of benzene rings is 1. The molecule has 2 N–H and O–H groups in total. The molecule has 4 unspecified atom stereocenters. The van der Waals surface area contributed by atoms with E-state index in [1.54, 1.807) is 24.0 Å². The number of nitrogens with one attached hydrogen (secondary N) is 1. The number of aliphatic hydroxyl groups excluding tert-OH is 1. The molecule has 0 saturated carbocycles. The van der Waals surface area contributed by atoms with Gasteiger partial charge in [-0.3, -0.25) is 14.4 Å². The number of ether oxygens (including phenoxy) is 1.